The van der Waals surface area contributed by atoms with E-state index in [1.807, 2.05) is 0 Å². The Hall–Kier alpha value is -2.65. The van der Waals surface area contributed by atoms with Crippen molar-refractivity contribution in [1.82, 2.24) is 9.21 Å². The van der Waals surface area contributed by atoms with Crippen LogP contribution in [-0.2, 0) is 21.2 Å². The third-order valence-electron chi connectivity index (χ3n) is 5.15. The van der Waals surface area contributed by atoms with Crippen LogP contribution in [0.1, 0.15) is 12.0 Å². The first kappa shape index (κ1) is 22.0. The van der Waals surface area contributed by atoms with Gasteiger partial charge in [0.05, 0.1) is 14.2 Å². The van der Waals surface area contributed by atoms with Gasteiger partial charge in [0.1, 0.15) is 22.2 Å². The van der Waals surface area contributed by atoms with Crippen LogP contribution in [0.25, 0.3) is 0 Å². The van der Waals surface area contributed by atoms with E-state index < -0.39 is 10.0 Å². The van der Waals surface area contributed by atoms with E-state index in [4.69, 9.17) is 9.47 Å². The molecule has 0 aromatic heterocycles. The number of carbonyl (C=O) groups is 1. The van der Waals surface area contributed by atoms with Gasteiger partial charge in [-0.3, -0.25) is 4.79 Å². The normalized spacial score (nSPS) is 15.1. The third-order valence-corrected chi connectivity index (χ3v) is 7.07. The van der Waals surface area contributed by atoms with E-state index in [0.29, 0.717) is 17.7 Å². The molecular weight excluding hydrogens is 411 g/mol. The average Bonchev–Trinajstić information content (AvgIpc) is 2.78. The predicted molar refractivity (Wildman–Crippen MR) is 110 cm³/mol. The molecule has 0 N–H and O–H groups in total. The van der Waals surface area contributed by atoms with Crippen LogP contribution < -0.4 is 9.47 Å². The molecule has 7 nitrogen and oxygen atoms in total. The molecule has 0 spiro atoms. The molecule has 0 radical (unpaired) electrons. The molecule has 2 aromatic rings. The molecule has 0 saturated carbocycles. The fraction of sp³-hybridized carbons (Fsp3) is 0.381. The zero-order valence-corrected chi connectivity index (χ0v) is 17.8. The van der Waals surface area contributed by atoms with Crippen LogP contribution in [0.3, 0.4) is 0 Å². The quantitative estimate of drug-likeness (QED) is 0.666. The Bertz CT molecular complexity index is 1000. The smallest absolute Gasteiger partial charge is 0.247 e. The second-order valence-corrected chi connectivity index (χ2v) is 8.80. The number of carbonyl (C=O) groups excluding carboxylic acids is 1. The maximum absolute atomic E-state index is 13.7. The number of hydrogen-bond acceptors (Lipinski definition) is 5. The van der Waals surface area contributed by atoms with Gasteiger partial charge in [0.15, 0.2) is 0 Å². The zero-order valence-electron chi connectivity index (χ0n) is 17.0. The number of benzene rings is 2. The third kappa shape index (κ3) is 4.73. The maximum atomic E-state index is 13.7. The predicted octanol–water partition coefficient (Wildman–Crippen LogP) is 2.31. The number of piperazine rings is 1. The second kappa shape index (κ2) is 9.44. The molecule has 1 aliphatic heterocycles. The van der Waals surface area contributed by atoms with Crippen LogP contribution in [-0.4, -0.2) is 63.9 Å². The number of nitrogens with zero attached hydrogens (tertiary/aromatic N) is 2. The van der Waals surface area contributed by atoms with Crippen molar-refractivity contribution in [3.8, 4) is 11.5 Å². The minimum absolute atomic E-state index is 0.0312. The average molecular weight is 437 g/mol. The summed E-state index contributed by atoms with van der Waals surface area (Å²) in [6, 6.07) is 11.0. The van der Waals surface area contributed by atoms with Crippen LogP contribution in [0.15, 0.2) is 47.4 Å². The molecule has 2 aromatic carbocycles. The van der Waals surface area contributed by atoms with Crippen LogP contribution in [0.5, 0.6) is 11.5 Å². The largest absolute Gasteiger partial charge is 0.497 e. The van der Waals surface area contributed by atoms with Crippen molar-refractivity contribution >= 4 is 15.9 Å². The second-order valence-electron chi connectivity index (χ2n) is 6.89. The standard InChI is InChI=1S/C21H25FN2O5S/c1-28-17-8-9-19(29-2)20(15-17)30(26,27)24-13-11-23(12-14-24)21(25)10-7-16-5-3-4-6-18(16)22/h3-6,8-9,15H,7,10-14H2,1-2H3. The molecule has 1 fully saturated rings. The van der Waals surface area contributed by atoms with Gasteiger partial charge in [-0.15, -0.1) is 0 Å². The first-order valence-corrected chi connectivity index (χ1v) is 11.0. The highest BCUT2D eigenvalue weighted by atomic mass is 32.2. The maximum Gasteiger partial charge on any atom is 0.247 e. The Kier molecular flexibility index (Phi) is 6.94. The summed E-state index contributed by atoms with van der Waals surface area (Å²) < 4.78 is 51.6. The number of aryl methyl sites for hydroxylation is 1. The van der Waals surface area contributed by atoms with Gasteiger partial charge < -0.3 is 14.4 Å². The first-order valence-electron chi connectivity index (χ1n) is 9.60. The van der Waals surface area contributed by atoms with Gasteiger partial charge in [0.25, 0.3) is 0 Å². The monoisotopic (exact) mass is 436 g/mol. The molecule has 0 bridgehead atoms. The minimum atomic E-state index is -3.81. The summed E-state index contributed by atoms with van der Waals surface area (Å²) in [5.41, 5.74) is 0.497. The van der Waals surface area contributed by atoms with Crippen LogP contribution in [0.4, 0.5) is 4.39 Å². The molecule has 1 heterocycles. The van der Waals surface area contributed by atoms with E-state index in [9.17, 15) is 17.6 Å². The Morgan fingerprint density at radius 2 is 1.73 bits per heavy atom. The number of sulfonamides is 1. The van der Waals surface area contributed by atoms with Gasteiger partial charge >= 0.3 is 0 Å². The zero-order chi connectivity index (χ0) is 21.7. The fourth-order valence-corrected chi connectivity index (χ4v) is 5.00. The molecule has 3 rings (SSSR count). The van der Waals surface area contributed by atoms with Gasteiger partial charge in [-0.2, -0.15) is 4.31 Å². The highest BCUT2D eigenvalue weighted by Crippen LogP contribution is 2.31. The Labute approximate surface area is 176 Å². The van der Waals surface area contributed by atoms with Crippen LogP contribution >= 0.6 is 0 Å². The lowest BCUT2D eigenvalue weighted by atomic mass is 10.1. The molecule has 9 heteroatoms. The highest BCUT2D eigenvalue weighted by molar-refractivity contribution is 7.89. The van der Waals surface area contributed by atoms with E-state index in [1.165, 1.54) is 30.7 Å². The SMILES string of the molecule is COc1ccc(OC)c(S(=O)(=O)N2CCN(C(=O)CCc3ccccc3F)CC2)c1. The van der Waals surface area contributed by atoms with Crippen molar-refractivity contribution in [2.24, 2.45) is 0 Å². The Morgan fingerprint density at radius 3 is 2.37 bits per heavy atom. The molecule has 0 aliphatic carbocycles. The highest BCUT2D eigenvalue weighted by Gasteiger charge is 2.32. The molecule has 1 saturated heterocycles. The molecule has 0 unspecified atom stereocenters. The summed E-state index contributed by atoms with van der Waals surface area (Å²) >= 11 is 0. The molecule has 0 atom stereocenters. The topological polar surface area (TPSA) is 76.2 Å². The lowest BCUT2D eigenvalue weighted by Crippen LogP contribution is -2.50. The number of halogens is 1. The molecule has 1 amide bonds. The van der Waals surface area contributed by atoms with E-state index in [1.54, 1.807) is 35.2 Å². The number of ether oxygens (including phenoxy) is 2. The lowest BCUT2D eigenvalue weighted by molar-refractivity contribution is -0.132. The summed E-state index contributed by atoms with van der Waals surface area (Å²) in [5.74, 6) is 0.207. The van der Waals surface area contributed by atoms with Crippen molar-refractivity contribution in [2.75, 3.05) is 40.4 Å². The Balaban J connectivity index is 1.63. The number of hydrogen-bond donors (Lipinski definition) is 0. The van der Waals surface area contributed by atoms with Crippen molar-refractivity contribution in [3.63, 3.8) is 0 Å². The van der Waals surface area contributed by atoms with Crippen molar-refractivity contribution in [2.45, 2.75) is 17.7 Å². The summed E-state index contributed by atoms with van der Waals surface area (Å²) in [7, 11) is -0.935. The van der Waals surface area contributed by atoms with Gasteiger partial charge in [0, 0.05) is 38.7 Å². The van der Waals surface area contributed by atoms with Crippen LogP contribution in [0, 0.1) is 5.82 Å². The van der Waals surface area contributed by atoms with E-state index >= 15 is 0 Å². The summed E-state index contributed by atoms with van der Waals surface area (Å²) in [5, 5.41) is 0. The summed E-state index contributed by atoms with van der Waals surface area (Å²) in [6.45, 7) is 0.908. The van der Waals surface area contributed by atoms with Gasteiger partial charge in [-0.1, -0.05) is 18.2 Å². The van der Waals surface area contributed by atoms with E-state index in [2.05, 4.69) is 0 Å². The number of rotatable bonds is 7. The summed E-state index contributed by atoms with van der Waals surface area (Å²) in [6.07, 6.45) is 0.489. The van der Waals surface area contributed by atoms with Crippen molar-refractivity contribution in [3.05, 3.63) is 53.8 Å². The fourth-order valence-electron chi connectivity index (χ4n) is 3.40. The van der Waals surface area contributed by atoms with Gasteiger partial charge in [-0.05, 0) is 30.2 Å². The minimum Gasteiger partial charge on any atom is -0.497 e. The molecule has 162 valence electrons. The number of amides is 1. The summed E-state index contributed by atoms with van der Waals surface area (Å²) in [4.78, 5) is 14.1. The van der Waals surface area contributed by atoms with Crippen molar-refractivity contribution in [1.29, 1.82) is 0 Å². The van der Waals surface area contributed by atoms with Gasteiger partial charge in [-0.25, -0.2) is 12.8 Å². The molecule has 1 aliphatic rings. The lowest BCUT2D eigenvalue weighted by Gasteiger charge is -2.34. The van der Waals surface area contributed by atoms with E-state index in [-0.39, 0.29) is 55.0 Å². The first-order chi connectivity index (χ1) is 14.4. The number of methoxy groups -OCH3 is 2. The molecular formula is C21H25FN2O5S. The van der Waals surface area contributed by atoms with E-state index in [0.717, 1.165) is 0 Å². The Morgan fingerprint density at radius 1 is 1.03 bits per heavy atom. The van der Waals surface area contributed by atoms with Crippen LogP contribution in [0.2, 0.25) is 0 Å². The molecule has 30 heavy (non-hydrogen) atoms. The van der Waals surface area contributed by atoms with Gasteiger partial charge in [0.2, 0.25) is 15.9 Å². The van der Waals surface area contributed by atoms with Crippen molar-refractivity contribution < 1.29 is 27.1 Å².